The van der Waals surface area contributed by atoms with Crippen LogP contribution < -0.4 is 25.4 Å². The second-order valence-corrected chi connectivity index (χ2v) is 10.8. The maximum Gasteiger partial charge on any atom is 0.272 e. The number of rotatable bonds is 11. The highest BCUT2D eigenvalue weighted by Gasteiger charge is 2.17. The Kier molecular flexibility index (Phi) is 11.1. The highest BCUT2D eigenvalue weighted by Crippen LogP contribution is 2.28. The van der Waals surface area contributed by atoms with Gasteiger partial charge in [0.15, 0.2) is 0 Å². The Morgan fingerprint density at radius 3 is 2.35 bits per heavy atom. The Morgan fingerprint density at radius 2 is 1.63 bits per heavy atom. The Morgan fingerprint density at radius 1 is 0.837 bits per heavy atom. The van der Waals surface area contributed by atoms with Crippen molar-refractivity contribution >= 4 is 70.1 Å². The molecule has 8 nitrogen and oxygen atoms in total. The molecule has 4 aromatic carbocycles. The van der Waals surface area contributed by atoms with E-state index in [0.29, 0.717) is 44.0 Å². The molecule has 0 aromatic heterocycles. The third-order valence-corrected chi connectivity index (χ3v) is 7.48. The average molecular weight is 637 g/mol. The number of hydrogen-bond donors (Lipinski definition) is 3. The fraction of sp³-hybridized carbons (Fsp3) is 0.0938. The summed E-state index contributed by atoms with van der Waals surface area (Å²) in [6, 6.07) is 25.5. The van der Waals surface area contributed by atoms with E-state index in [1.807, 2.05) is 6.07 Å². The SMILES string of the molecule is COc1ccc(/C=C(/NC(=O)c2ccccc2)C(=O)Nc2cccc(SCC(=O)Nc3ccc(Cl)cc3Cl)c2)c(OC)c1. The summed E-state index contributed by atoms with van der Waals surface area (Å²) in [4.78, 5) is 39.7. The van der Waals surface area contributed by atoms with Crippen LogP contribution in [-0.2, 0) is 9.59 Å². The van der Waals surface area contributed by atoms with Gasteiger partial charge in [-0.3, -0.25) is 14.4 Å². The Balaban J connectivity index is 1.50. The normalized spacial score (nSPS) is 10.9. The van der Waals surface area contributed by atoms with Gasteiger partial charge in [0.1, 0.15) is 17.2 Å². The molecule has 0 atom stereocenters. The van der Waals surface area contributed by atoms with Gasteiger partial charge in [-0.05, 0) is 66.7 Å². The van der Waals surface area contributed by atoms with E-state index in [4.69, 9.17) is 32.7 Å². The van der Waals surface area contributed by atoms with Gasteiger partial charge in [-0.25, -0.2) is 0 Å². The molecular formula is C32H27Cl2N3O5S. The lowest BCUT2D eigenvalue weighted by atomic mass is 10.1. The van der Waals surface area contributed by atoms with Gasteiger partial charge in [-0.2, -0.15) is 0 Å². The molecule has 43 heavy (non-hydrogen) atoms. The lowest BCUT2D eigenvalue weighted by Gasteiger charge is -2.13. The van der Waals surface area contributed by atoms with E-state index < -0.39 is 11.8 Å². The molecule has 0 aliphatic rings. The molecule has 0 bridgehead atoms. The number of hydrogen-bond acceptors (Lipinski definition) is 6. The summed E-state index contributed by atoms with van der Waals surface area (Å²) in [5, 5.41) is 9.11. The van der Waals surface area contributed by atoms with Crippen LogP contribution in [0.15, 0.2) is 102 Å². The summed E-state index contributed by atoms with van der Waals surface area (Å²) in [5.41, 5.74) is 1.87. The average Bonchev–Trinajstić information content (AvgIpc) is 3.01. The highest BCUT2D eigenvalue weighted by molar-refractivity contribution is 8.00. The van der Waals surface area contributed by atoms with Crippen molar-refractivity contribution in [3.8, 4) is 11.5 Å². The number of nitrogens with one attached hydrogen (secondary N) is 3. The fourth-order valence-corrected chi connectivity index (χ4v) is 5.03. The number of carbonyl (C=O) groups excluding carboxylic acids is 3. The minimum Gasteiger partial charge on any atom is -0.497 e. The molecule has 0 spiro atoms. The summed E-state index contributed by atoms with van der Waals surface area (Å²) >= 11 is 13.3. The van der Waals surface area contributed by atoms with Crippen molar-refractivity contribution in [1.29, 1.82) is 0 Å². The van der Waals surface area contributed by atoms with Crippen LogP contribution in [0.25, 0.3) is 6.08 Å². The zero-order valence-electron chi connectivity index (χ0n) is 23.2. The van der Waals surface area contributed by atoms with Gasteiger partial charge in [0.05, 0.1) is 30.7 Å². The molecule has 0 heterocycles. The van der Waals surface area contributed by atoms with Crippen molar-refractivity contribution in [2.24, 2.45) is 0 Å². The molecule has 4 aromatic rings. The van der Waals surface area contributed by atoms with Gasteiger partial charge in [-0.15, -0.1) is 11.8 Å². The predicted octanol–water partition coefficient (Wildman–Crippen LogP) is 7.15. The van der Waals surface area contributed by atoms with Crippen molar-refractivity contribution < 1.29 is 23.9 Å². The first-order valence-corrected chi connectivity index (χ1v) is 14.6. The first-order valence-electron chi connectivity index (χ1n) is 12.8. The Bertz CT molecular complexity index is 1660. The molecule has 0 unspecified atom stereocenters. The maximum atomic E-state index is 13.5. The van der Waals surface area contributed by atoms with Gasteiger partial charge in [0, 0.05) is 32.8 Å². The smallest absolute Gasteiger partial charge is 0.272 e. The maximum absolute atomic E-state index is 13.5. The van der Waals surface area contributed by atoms with Crippen LogP contribution >= 0.6 is 35.0 Å². The molecule has 0 saturated heterocycles. The van der Waals surface area contributed by atoms with Gasteiger partial charge < -0.3 is 25.4 Å². The van der Waals surface area contributed by atoms with Crippen molar-refractivity contribution in [3.05, 3.63) is 118 Å². The Hall–Kier alpha value is -4.44. The topological polar surface area (TPSA) is 106 Å². The third-order valence-electron chi connectivity index (χ3n) is 5.94. The molecule has 4 rings (SSSR count). The first-order chi connectivity index (χ1) is 20.7. The lowest BCUT2D eigenvalue weighted by Crippen LogP contribution is -2.30. The van der Waals surface area contributed by atoms with Crippen LogP contribution in [0.4, 0.5) is 11.4 Å². The van der Waals surface area contributed by atoms with Crippen LogP contribution in [0.3, 0.4) is 0 Å². The van der Waals surface area contributed by atoms with Crippen molar-refractivity contribution in [2.45, 2.75) is 4.90 Å². The van der Waals surface area contributed by atoms with Gasteiger partial charge in [0.25, 0.3) is 11.8 Å². The van der Waals surface area contributed by atoms with Gasteiger partial charge >= 0.3 is 0 Å². The quantitative estimate of drug-likeness (QED) is 0.119. The fourth-order valence-electron chi connectivity index (χ4n) is 3.82. The van der Waals surface area contributed by atoms with Crippen LogP contribution in [-0.4, -0.2) is 37.7 Å². The van der Waals surface area contributed by atoms with Gasteiger partial charge in [-0.1, -0.05) is 47.5 Å². The predicted molar refractivity (Wildman–Crippen MR) is 172 cm³/mol. The van der Waals surface area contributed by atoms with Crippen LogP contribution in [0, 0.1) is 0 Å². The highest BCUT2D eigenvalue weighted by atomic mass is 35.5. The van der Waals surface area contributed by atoms with Crippen LogP contribution in [0.1, 0.15) is 15.9 Å². The number of anilines is 2. The first kappa shape index (κ1) is 31.5. The number of carbonyl (C=O) groups is 3. The van der Waals surface area contributed by atoms with E-state index in [1.54, 1.807) is 84.9 Å². The number of methoxy groups -OCH3 is 2. The summed E-state index contributed by atoms with van der Waals surface area (Å²) in [6.45, 7) is 0. The lowest BCUT2D eigenvalue weighted by molar-refractivity contribution is -0.114. The molecule has 3 N–H and O–H groups in total. The van der Waals surface area contributed by atoms with E-state index in [2.05, 4.69) is 16.0 Å². The van der Waals surface area contributed by atoms with Gasteiger partial charge in [0.2, 0.25) is 5.91 Å². The van der Waals surface area contributed by atoms with Crippen LogP contribution in [0.2, 0.25) is 10.0 Å². The molecule has 0 radical (unpaired) electrons. The molecule has 0 saturated carbocycles. The molecule has 0 aliphatic heterocycles. The number of halogens is 2. The number of ether oxygens (including phenoxy) is 2. The minimum absolute atomic E-state index is 0.00500. The third kappa shape index (κ3) is 9.02. The summed E-state index contributed by atoms with van der Waals surface area (Å²) < 4.78 is 10.7. The van der Waals surface area contributed by atoms with Crippen LogP contribution in [0.5, 0.6) is 11.5 Å². The van der Waals surface area contributed by atoms with E-state index >= 15 is 0 Å². The monoisotopic (exact) mass is 635 g/mol. The number of benzene rings is 4. The van der Waals surface area contributed by atoms with E-state index in [1.165, 1.54) is 32.1 Å². The molecular weight excluding hydrogens is 609 g/mol. The van der Waals surface area contributed by atoms with Crippen molar-refractivity contribution in [2.75, 3.05) is 30.6 Å². The van der Waals surface area contributed by atoms with E-state index in [-0.39, 0.29) is 17.4 Å². The van der Waals surface area contributed by atoms with E-state index in [9.17, 15) is 14.4 Å². The summed E-state index contributed by atoms with van der Waals surface area (Å²) in [7, 11) is 3.04. The molecule has 0 fully saturated rings. The summed E-state index contributed by atoms with van der Waals surface area (Å²) in [6.07, 6.45) is 1.53. The minimum atomic E-state index is -0.556. The summed E-state index contributed by atoms with van der Waals surface area (Å²) in [5.74, 6) is -0.134. The largest absolute Gasteiger partial charge is 0.497 e. The molecule has 3 amide bonds. The molecule has 220 valence electrons. The second kappa shape index (κ2) is 15.2. The van der Waals surface area contributed by atoms with Crippen molar-refractivity contribution in [1.82, 2.24) is 5.32 Å². The molecule has 11 heteroatoms. The zero-order chi connectivity index (χ0) is 30.8. The van der Waals surface area contributed by atoms with E-state index in [0.717, 1.165) is 4.90 Å². The zero-order valence-corrected chi connectivity index (χ0v) is 25.5. The van der Waals surface area contributed by atoms with Crippen molar-refractivity contribution in [3.63, 3.8) is 0 Å². The second-order valence-electron chi connectivity index (χ2n) is 8.93. The number of thioether (sulfide) groups is 1. The molecule has 0 aliphatic carbocycles. The standard InChI is InChI=1S/C32H27Cl2N3O5S/c1-41-24-13-11-21(29(18-24)42-2)15-28(37-31(39)20-7-4-3-5-8-20)32(40)35-23-9-6-10-25(17-23)43-19-30(38)36-27-14-12-22(33)16-26(27)34/h3-18H,19H2,1-2H3,(H,35,40)(H,36,38)(H,37,39)/b28-15+. The number of amides is 3. The Labute approximate surface area is 263 Å².